The molecule has 0 fully saturated rings. The lowest BCUT2D eigenvalue weighted by Crippen LogP contribution is -2.64. The van der Waals surface area contributed by atoms with E-state index in [2.05, 4.69) is 358 Å². The Labute approximate surface area is 530 Å². The molecule has 0 atom stereocenters. The van der Waals surface area contributed by atoms with Crippen LogP contribution in [0.5, 0.6) is 0 Å². The Hall–Kier alpha value is -11.3. The molecule has 13 aromatic rings. The van der Waals surface area contributed by atoms with Crippen LogP contribution in [0.15, 0.2) is 334 Å². The van der Waals surface area contributed by atoms with Crippen molar-refractivity contribution in [2.24, 2.45) is 0 Å². The summed E-state index contributed by atoms with van der Waals surface area (Å²) in [4.78, 5) is 15.0. The number of benzene rings is 12. The summed E-state index contributed by atoms with van der Waals surface area (Å²) < 4.78 is 2.56. The first-order valence-electron chi connectivity index (χ1n) is 30.9. The van der Waals surface area contributed by atoms with E-state index in [9.17, 15) is 0 Å². The summed E-state index contributed by atoms with van der Waals surface area (Å²) in [6.45, 7) is 6.15. The van der Waals surface area contributed by atoms with Gasteiger partial charge in [-0.15, -0.1) is 11.3 Å². The Kier molecular flexibility index (Phi) is 12.9. The van der Waals surface area contributed by atoms with Crippen LogP contribution in [0, 0.1) is 0 Å². The van der Waals surface area contributed by atoms with Crippen LogP contribution >= 0.6 is 11.3 Å². The van der Waals surface area contributed by atoms with Crippen molar-refractivity contribution in [2.75, 3.05) is 29.4 Å². The molecule has 0 saturated heterocycles. The molecule has 0 bridgehead atoms. The van der Waals surface area contributed by atoms with Crippen molar-refractivity contribution in [3.8, 4) is 0 Å². The molecule has 0 spiro atoms. The number of allylic oxidation sites excluding steroid dienone is 4. The summed E-state index contributed by atoms with van der Waals surface area (Å²) in [7, 11) is 0. The molecule has 0 amide bonds. The summed E-state index contributed by atoms with van der Waals surface area (Å²) in [6.07, 6.45) is 8.53. The van der Waals surface area contributed by atoms with Crippen LogP contribution in [-0.4, -0.2) is 13.4 Å². The molecule has 0 radical (unpaired) electrons. The smallest absolute Gasteiger partial charge is 0.264 e. The quantitative estimate of drug-likeness (QED) is 0.0891. The van der Waals surface area contributed by atoms with E-state index in [1.807, 2.05) is 17.4 Å². The summed E-state index contributed by atoms with van der Waals surface area (Å²) in [5, 5.41) is 1.23. The lowest BCUT2D eigenvalue weighted by Gasteiger charge is -2.47. The largest absolute Gasteiger partial charge is 0.311 e. The first-order chi connectivity index (χ1) is 44.6. The van der Waals surface area contributed by atoms with Crippen LogP contribution in [0.1, 0.15) is 6.92 Å². The molecule has 9 heteroatoms. The number of anilines is 17. The van der Waals surface area contributed by atoms with Gasteiger partial charge in [-0.1, -0.05) is 183 Å². The molecule has 12 aromatic carbocycles. The van der Waals surface area contributed by atoms with Crippen molar-refractivity contribution in [3.63, 3.8) is 0 Å². The minimum Gasteiger partial charge on any atom is -0.311 e. The molecule has 0 aliphatic carbocycles. The van der Waals surface area contributed by atoms with Gasteiger partial charge in [-0.2, -0.15) is 0 Å². The van der Waals surface area contributed by atoms with Gasteiger partial charge in [0.1, 0.15) is 0 Å². The Morgan fingerprint density at radius 1 is 0.378 bits per heavy atom. The summed E-state index contributed by atoms with van der Waals surface area (Å²) in [6, 6.07) is 109. The summed E-state index contributed by atoms with van der Waals surface area (Å²) in [5.74, 6) is 0. The van der Waals surface area contributed by atoms with Gasteiger partial charge in [0.2, 0.25) is 0 Å². The Morgan fingerprint density at radius 2 is 0.789 bits per heavy atom. The topological polar surface area (TPSA) is 19.4 Å². The molecule has 4 aliphatic rings. The van der Waals surface area contributed by atoms with Crippen LogP contribution in [0.2, 0.25) is 0 Å². The number of thiophene rings is 1. The van der Waals surface area contributed by atoms with Gasteiger partial charge >= 0.3 is 0 Å². The standard InChI is InChI=1S/C81H58B2N6S/c1-3-30-56(31-4-2)87-71-55-69-72(54-68(71)82-67-47-27-28-48-70(67)86(61-40-20-9-21-41-61)73-50-64(51-74(87)78(73)82)84(57-32-12-5-13-33-57)58-34-14-6-15-35-58)88(62-42-22-10-23-43-62)75-52-65(85(59-36-16-7-17-37-59)60-38-18-8-19-39-60)53-76-79(75)83(69)81-80(66-46-26-29-49-77(66)90-81)89(76)63-44-24-11-25-45-63/h3-55H,1H2,2H3/b31-4-,56-30+. The summed E-state index contributed by atoms with van der Waals surface area (Å²) in [5.41, 5.74) is 25.9. The van der Waals surface area contributed by atoms with Crippen LogP contribution in [-0.2, 0) is 0 Å². The normalized spacial score (nSPS) is 13.3. The van der Waals surface area contributed by atoms with E-state index in [1.54, 1.807) is 0 Å². The van der Waals surface area contributed by atoms with E-state index in [-0.39, 0.29) is 13.4 Å². The van der Waals surface area contributed by atoms with Crippen molar-refractivity contribution >= 4 is 164 Å². The molecule has 0 N–H and O–H groups in total. The first kappa shape index (κ1) is 53.0. The maximum Gasteiger partial charge on any atom is 0.264 e. The molecule has 5 heterocycles. The molecule has 17 rings (SSSR count). The van der Waals surface area contributed by atoms with Crippen molar-refractivity contribution < 1.29 is 0 Å². The molecular weight excluding hydrogens is 1110 g/mol. The van der Waals surface area contributed by atoms with Crippen molar-refractivity contribution in [1.82, 2.24) is 0 Å². The highest BCUT2D eigenvalue weighted by molar-refractivity contribution is 7.33. The fraction of sp³-hybridized carbons (Fsp3) is 0.0123. The van der Waals surface area contributed by atoms with Gasteiger partial charge in [0.05, 0.1) is 17.1 Å². The van der Waals surface area contributed by atoms with E-state index >= 15 is 0 Å². The Bertz CT molecular complexity index is 4890. The van der Waals surface area contributed by atoms with E-state index in [4.69, 9.17) is 0 Å². The van der Waals surface area contributed by atoms with Crippen LogP contribution in [0.25, 0.3) is 10.1 Å². The average molecular weight is 1170 g/mol. The lowest BCUT2D eigenvalue weighted by molar-refractivity contribution is 1.19. The van der Waals surface area contributed by atoms with Gasteiger partial charge in [-0.25, -0.2) is 0 Å². The average Bonchev–Trinajstić information content (AvgIpc) is 1.01. The highest BCUT2D eigenvalue weighted by atomic mass is 32.1. The zero-order valence-electron chi connectivity index (χ0n) is 49.6. The predicted octanol–water partition coefficient (Wildman–Crippen LogP) is 18.3. The molecule has 0 saturated carbocycles. The number of hydrogen-bond acceptors (Lipinski definition) is 7. The third-order valence-electron chi connectivity index (χ3n) is 18.1. The van der Waals surface area contributed by atoms with E-state index < -0.39 is 0 Å². The maximum absolute atomic E-state index is 4.41. The first-order valence-corrected chi connectivity index (χ1v) is 31.7. The number of fused-ring (bicyclic) bond motifs is 10. The SMILES string of the molecule is C=C/C=C(\C=C/C)N1c2cc3c(cc2B2c4ccccc4N(c4ccccc4)c4cc(N(c5ccccc5)c5ccccc5)cc1c42)N(c1ccccc1)c1cc(N(c2ccccc2)c2ccccc2)cc2c1B3c1sc3ccccc3c1N2c1ccccc1. The number of para-hydroxylation sites is 8. The van der Waals surface area contributed by atoms with E-state index in [1.165, 1.54) is 47.9 Å². The van der Waals surface area contributed by atoms with Gasteiger partial charge in [-0.3, -0.25) is 0 Å². The molecule has 0 unspecified atom stereocenters. The second kappa shape index (κ2) is 21.9. The highest BCUT2D eigenvalue weighted by Gasteiger charge is 2.50. The highest BCUT2D eigenvalue weighted by Crippen LogP contribution is 2.53. The van der Waals surface area contributed by atoms with E-state index in [0.717, 1.165) is 96.7 Å². The van der Waals surface area contributed by atoms with Gasteiger partial charge in [0.25, 0.3) is 13.4 Å². The fourth-order valence-electron chi connectivity index (χ4n) is 14.6. The summed E-state index contributed by atoms with van der Waals surface area (Å²) >= 11 is 1.93. The lowest BCUT2D eigenvalue weighted by atomic mass is 9.32. The number of rotatable bonds is 12. The van der Waals surface area contributed by atoms with Crippen molar-refractivity contribution in [3.05, 3.63) is 334 Å². The number of hydrogen-bond donors (Lipinski definition) is 0. The maximum atomic E-state index is 4.41. The van der Waals surface area contributed by atoms with Gasteiger partial charge in [-0.05, 0) is 180 Å². The zero-order chi connectivity index (χ0) is 59.8. The van der Waals surface area contributed by atoms with Crippen LogP contribution in [0.3, 0.4) is 0 Å². The second-order valence-electron chi connectivity index (χ2n) is 23.2. The zero-order valence-corrected chi connectivity index (χ0v) is 50.4. The van der Waals surface area contributed by atoms with Crippen LogP contribution in [0.4, 0.5) is 96.7 Å². The van der Waals surface area contributed by atoms with E-state index in [0.29, 0.717) is 0 Å². The Balaban J connectivity index is 1.02. The predicted molar refractivity (Wildman–Crippen MR) is 386 cm³/mol. The fourth-order valence-corrected chi connectivity index (χ4v) is 15.9. The minimum atomic E-state index is -0.193. The molecule has 424 valence electrons. The second-order valence-corrected chi connectivity index (χ2v) is 24.3. The molecule has 90 heavy (non-hydrogen) atoms. The van der Waals surface area contributed by atoms with Gasteiger partial charge in [0.15, 0.2) is 0 Å². The van der Waals surface area contributed by atoms with Crippen molar-refractivity contribution in [1.29, 1.82) is 0 Å². The van der Waals surface area contributed by atoms with Gasteiger partial charge in [0, 0.05) is 100 Å². The molecule has 6 nitrogen and oxygen atoms in total. The molecule has 4 aliphatic heterocycles. The Morgan fingerprint density at radius 3 is 1.31 bits per heavy atom. The third kappa shape index (κ3) is 8.42. The van der Waals surface area contributed by atoms with Crippen molar-refractivity contribution in [2.45, 2.75) is 6.92 Å². The minimum absolute atomic E-state index is 0.184. The number of nitrogens with zero attached hydrogens (tertiary/aromatic N) is 6. The van der Waals surface area contributed by atoms with Gasteiger partial charge < -0.3 is 29.4 Å². The van der Waals surface area contributed by atoms with Crippen LogP contribution < -0.4 is 61.5 Å². The molecule has 1 aromatic heterocycles. The molecular formula is C81H58B2N6S. The monoisotopic (exact) mass is 1170 g/mol. The third-order valence-corrected chi connectivity index (χ3v) is 19.4.